The van der Waals surface area contributed by atoms with E-state index in [0.717, 1.165) is 5.75 Å². The third kappa shape index (κ3) is 5.09. The zero-order chi connectivity index (χ0) is 20.7. The molecule has 152 valence electrons. The van der Waals surface area contributed by atoms with Crippen LogP contribution in [0.2, 0.25) is 0 Å². The minimum absolute atomic E-state index is 0.0898. The standard InChI is InChI=1S/C22H28O6/c1-22(2,3)15-7-9-16(10-8-15)27-13-14-28-21(23)17-11-12-18(24-4)20(26-6)19(17)25-5/h7-12H,13-14H2,1-6H3. The second-order valence-corrected chi connectivity index (χ2v) is 7.14. The van der Waals surface area contributed by atoms with Gasteiger partial charge >= 0.3 is 5.97 Å². The van der Waals surface area contributed by atoms with E-state index in [-0.39, 0.29) is 29.9 Å². The largest absolute Gasteiger partial charge is 0.493 e. The lowest BCUT2D eigenvalue weighted by Crippen LogP contribution is -2.14. The highest BCUT2D eigenvalue weighted by molar-refractivity contribution is 5.94. The highest BCUT2D eigenvalue weighted by Gasteiger charge is 2.21. The van der Waals surface area contributed by atoms with Crippen molar-refractivity contribution in [3.63, 3.8) is 0 Å². The Bertz CT molecular complexity index is 790. The van der Waals surface area contributed by atoms with E-state index >= 15 is 0 Å². The molecular weight excluding hydrogens is 360 g/mol. The second kappa shape index (κ2) is 9.35. The van der Waals surface area contributed by atoms with Gasteiger partial charge in [0.05, 0.1) is 21.3 Å². The van der Waals surface area contributed by atoms with Crippen molar-refractivity contribution in [1.29, 1.82) is 0 Å². The van der Waals surface area contributed by atoms with Crippen LogP contribution in [0.1, 0.15) is 36.7 Å². The van der Waals surface area contributed by atoms with Gasteiger partial charge in [-0.2, -0.15) is 0 Å². The molecule has 0 radical (unpaired) electrons. The van der Waals surface area contributed by atoms with E-state index in [4.69, 9.17) is 23.7 Å². The molecule has 0 saturated heterocycles. The molecule has 0 N–H and O–H groups in total. The van der Waals surface area contributed by atoms with E-state index < -0.39 is 5.97 Å². The Morgan fingerprint density at radius 1 is 0.821 bits per heavy atom. The van der Waals surface area contributed by atoms with Gasteiger partial charge in [0.25, 0.3) is 0 Å². The number of esters is 1. The molecule has 0 aromatic heterocycles. The fraction of sp³-hybridized carbons (Fsp3) is 0.409. The van der Waals surface area contributed by atoms with Crippen molar-refractivity contribution >= 4 is 5.97 Å². The zero-order valence-corrected chi connectivity index (χ0v) is 17.3. The molecule has 6 heteroatoms. The Balaban J connectivity index is 1.94. The van der Waals surface area contributed by atoms with Gasteiger partial charge in [-0.05, 0) is 35.2 Å². The van der Waals surface area contributed by atoms with Gasteiger partial charge in [0.1, 0.15) is 24.5 Å². The molecule has 0 fully saturated rings. The smallest absolute Gasteiger partial charge is 0.342 e. The van der Waals surface area contributed by atoms with Crippen molar-refractivity contribution in [3.05, 3.63) is 47.5 Å². The van der Waals surface area contributed by atoms with E-state index in [9.17, 15) is 4.79 Å². The summed E-state index contributed by atoms with van der Waals surface area (Å²) < 4.78 is 26.8. The average Bonchev–Trinajstić information content (AvgIpc) is 2.69. The van der Waals surface area contributed by atoms with E-state index in [1.807, 2.05) is 24.3 Å². The first kappa shape index (κ1) is 21.4. The number of carbonyl (C=O) groups excluding carboxylic acids is 1. The molecule has 0 unspecified atom stereocenters. The molecule has 0 aliphatic rings. The van der Waals surface area contributed by atoms with Crippen LogP contribution < -0.4 is 18.9 Å². The maximum atomic E-state index is 12.4. The first-order chi connectivity index (χ1) is 13.3. The summed E-state index contributed by atoms with van der Waals surface area (Å²) in [4.78, 5) is 12.4. The third-order valence-electron chi connectivity index (χ3n) is 4.23. The first-order valence-electron chi connectivity index (χ1n) is 9.01. The van der Waals surface area contributed by atoms with Crippen LogP contribution in [0.25, 0.3) is 0 Å². The number of carbonyl (C=O) groups is 1. The molecule has 0 aliphatic heterocycles. The highest BCUT2D eigenvalue weighted by Crippen LogP contribution is 2.39. The van der Waals surface area contributed by atoms with Gasteiger partial charge in [-0.1, -0.05) is 32.9 Å². The van der Waals surface area contributed by atoms with Gasteiger partial charge in [-0.15, -0.1) is 0 Å². The van der Waals surface area contributed by atoms with E-state index in [0.29, 0.717) is 11.5 Å². The summed E-state index contributed by atoms with van der Waals surface area (Å²) in [5.74, 6) is 1.29. The van der Waals surface area contributed by atoms with Crippen molar-refractivity contribution in [2.24, 2.45) is 0 Å². The summed E-state index contributed by atoms with van der Waals surface area (Å²) >= 11 is 0. The number of rotatable bonds is 8. The molecule has 2 aromatic rings. The molecule has 0 aliphatic carbocycles. The summed E-state index contributed by atoms with van der Waals surface area (Å²) in [7, 11) is 4.45. The lowest BCUT2D eigenvalue weighted by molar-refractivity contribution is 0.0446. The topological polar surface area (TPSA) is 63.2 Å². The molecule has 2 rings (SSSR count). The summed E-state index contributed by atoms with van der Waals surface area (Å²) in [6, 6.07) is 11.1. The van der Waals surface area contributed by atoms with Crippen molar-refractivity contribution in [2.45, 2.75) is 26.2 Å². The monoisotopic (exact) mass is 388 g/mol. The SMILES string of the molecule is COc1ccc(C(=O)OCCOc2ccc(C(C)(C)C)cc2)c(OC)c1OC. The molecule has 0 spiro atoms. The predicted octanol–water partition coefficient (Wildman–Crippen LogP) is 4.25. The van der Waals surface area contributed by atoms with Crippen molar-refractivity contribution in [2.75, 3.05) is 34.5 Å². The quantitative estimate of drug-likeness (QED) is 0.498. The molecular formula is C22H28O6. The van der Waals surface area contributed by atoms with Gasteiger partial charge in [0.15, 0.2) is 11.5 Å². The second-order valence-electron chi connectivity index (χ2n) is 7.14. The van der Waals surface area contributed by atoms with Crippen LogP contribution in [0, 0.1) is 0 Å². The normalized spacial score (nSPS) is 10.9. The molecule has 0 heterocycles. The number of benzene rings is 2. The van der Waals surface area contributed by atoms with Crippen LogP contribution in [-0.2, 0) is 10.2 Å². The van der Waals surface area contributed by atoms with Crippen LogP contribution in [-0.4, -0.2) is 40.5 Å². The lowest BCUT2D eigenvalue weighted by atomic mass is 9.87. The Kier molecular flexibility index (Phi) is 7.15. The summed E-state index contributed by atoms with van der Waals surface area (Å²) in [5.41, 5.74) is 1.58. The van der Waals surface area contributed by atoms with Gasteiger partial charge in [-0.25, -0.2) is 4.79 Å². The molecule has 28 heavy (non-hydrogen) atoms. The molecule has 0 atom stereocenters. The molecule has 0 amide bonds. The van der Waals surface area contributed by atoms with Gasteiger partial charge < -0.3 is 23.7 Å². The maximum absolute atomic E-state index is 12.4. The molecule has 0 saturated carbocycles. The van der Waals surface area contributed by atoms with Gasteiger partial charge in [0.2, 0.25) is 5.75 Å². The van der Waals surface area contributed by atoms with Crippen LogP contribution in [0.15, 0.2) is 36.4 Å². The van der Waals surface area contributed by atoms with Crippen molar-refractivity contribution in [1.82, 2.24) is 0 Å². The third-order valence-corrected chi connectivity index (χ3v) is 4.23. The fourth-order valence-electron chi connectivity index (χ4n) is 2.68. The molecule has 6 nitrogen and oxygen atoms in total. The molecule has 2 aromatic carbocycles. The average molecular weight is 388 g/mol. The molecule has 0 bridgehead atoms. The number of methoxy groups -OCH3 is 3. The highest BCUT2D eigenvalue weighted by atomic mass is 16.6. The number of hydrogen-bond donors (Lipinski definition) is 0. The number of ether oxygens (including phenoxy) is 5. The Labute approximate surface area is 166 Å². The summed E-state index contributed by atoms with van der Waals surface area (Å²) in [6.07, 6.45) is 0. The minimum atomic E-state index is -0.524. The minimum Gasteiger partial charge on any atom is -0.493 e. The van der Waals surface area contributed by atoms with Gasteiger partial charge in [0, 0.05) is 0 Å². The van der Waals surface area contributed by atoms with Gasteiger partial charge in [-0.3, -0.25) is 0 Å². The number of hydrogen-bond acceptors (Lipinski definition) is 6. The van der Waals surface area contributed by atoms with E-state index in [1.54, 1.807) is 12.1 Å². The van der Waals surface area contributed by atoms with Crippen LogP contribution in [0.5, 0.6) is 23.0 Å². The van der Waals surface area contributed by atoms with Crippen LogP contribution in [0.3, 0.4) is 0 Å². The van der Waals surface area contributed by atoms with Crippen LogP contribution in [0.4, 0.5) is 0 Å². The summed E-state index contributed by atoms with van der Waals surface area (Å²) in [5, 5.41) is 0. The van der Waals surface area contributed by atoms with E-state index in [2.05, 4.69) is 20.8 Å². The lowest BCUT2D eigenvalue weighted by Gasteiger charge is -2.19. The first-order valence-corrected chi connectivity index (χ1v) is 9.01. The zero-order valence-electron chi connectivity index (χ0n) is 17.3. The Hall–Kier alpha value is -2.89. The maximum Gasteiger partial charge on any atom is 0.342 e. The fourth-order valence-corrected chi connectivity index (χ4v) is 2.68. The van der Waals surface area contributed by atoms with E-state index in [1.165, 1.54) is 26.9 Å². The Morgan fingerprint density at radius 3 is 2.00 bits per heavy atom. The van der Waals surface area contributed by atoms with Crippen LogP contribution >= 0.6 is 0 Å². The predicted molar refractivity (Wildman–Crippen MR) is 107 cm³/mol. The van der Waals surface area contributed by atoms with Crippen molar-refractivity contribution in [3.8, 4) is 23.0 Å². The van der Waals surface area contributed by atoms with Crippen molar-refractivity contribution < 1.29 is 28.5 Å². The summed E-state index contributed by atoms with van der Waals surface area (Å²) in [6.45, 7) is 6.83. The Morgan fingerprint density at radius 2 is 1.46 bits per heavy atom.